The summed E-state index contributed by atoms with van der Waals surface area (Å²) in [5.74, 6) is -0.698. The van der Waals surface area contributed by atoms with E-state index in [1.807, 2.05) is 16.9 Å². The molecule has 0 radical (unpaired) electrons. The zero-order valence-corrected chi connectivity index (χ0v) is 13.2. The Kier molecular flexibility index (Phi) is 5.79. The van der Waals surface area contributed by atoms with Crippen molar-refractivity contribution >= 4 is 5.97 Å². The highest BCUT2D eigenvalue weighted by Gasteiger charge is 2.27. The molecule has 1 atom stereocenters. The van der Waals surface area contributed by atoms with Crippen LogP contribution in [0.4, 0.5) is 0 Å². The lowest BCUT2D eigenvalue weighted by Gasteiger charge is -2.25. The molecule has 1 fully saturated rings. The van der Waals surface area contributed by atoms with Gasteiger partial charge in [-0.2, -0.15) is 5.10 Å². The van der Waals surface area contributed by atoms with Crippen LogP contribution < -0.4 is 0 Å². The van der Waals surface area contributed by atoms with Crippen molar-refractivity contribution in [1.29, 1.82) is 0 Å². The van der Waals surface area contributed by atoms with Crippen molar-refractivity contribution in [3.05, 3.63) is 18.0 Å². The summed E-state index contributed by atoms with van der Waals surface area (Å²) in [4.78, 5) is 13.5. The Labute approximate surface area is 126 Å². The molecule has 1 aliphatic heterocycles. The fraction of sp³-hybridized carbons (Fsp3) is 0.750. The third kappa shape index (κ3) is 4.06. The molecule has 1 unspecified atom stereocenters. The lowest BCUT2D eigenvalue weighted by molar-refractivity contribution is -0.143. The van der Waals surface area contributed by atoms with Gasteiger partial charge in [0.25, 0.3) is 0 Å². The van der Waals surface area contributed by atoms with Crippen LogP contribution in [0.15, 0.2) is 12.3 Å². The van der Waals surface area contributed by atoms with Crippen molar-refractivity contribution in [3.8, 4) is 0 Å². The molecule has 118 valence electrons. The third-order valence-electron chi connectivity index (χ3n) is 4.49. The summed E-state index contributed by atoms with van der Waals surface area (Å²) in [6, 6.07) is 2.12. The fourth-order valence-corrected chi connectivity index (χ4v) is 3.17. The predicted molar refractivity (Wildman–Crippen MR) is 82.1 cm³/mol. The highest BCUT2D eigenvalue weighted by molar-refractivity contribution is 5.73. The van der Waals surface area contributed by atoms with Crippen LogP contribution in [0.25, 0.3) is 0 Å². The van der Waals surface area contributed by atoms with Gasteiger partial charge in [0.15, 0.2) is 0 Å². The molecule has 1 aromatic heterocycles. The van der Waals surface area contributed by atoms with Crippen LogP contribution in [0.5, 0.6) is 0 Å². The fourth-order valence-electron chi connectivity index (χ4n) is 3.17. The molecule has 2 heterocycles. The van der Waals surface area contributed by atoms with E-state index in [0.29, 0.717) is 12.6 Å². The highest BCUT2D eigenvalue weighted by Crippen LogP contribution is 2.20. The predicted octanol–water partition coefficient (Wildman–Crippen LogP) is 3.07. The van der Waals surface area contributed by atoms with E-state index in [9.17, 15) is 9.90 Å². The first kappa shape index (κ1) is 16.0. The number of aliphatic carboxylic acids is 1. The molecular formula is C16H27N3O2. The second-order valence-electron chi connectivity index (χ2n) is 5.93. The Morgan fingerprint density at radius 2 is 2.14 bits per heavy atom. The van der Waals surface area contributed by atoms with Crippen molar-refractivity contribution in [1.82, 2.24) is 14.7 Å². The monoisotopic (exact) mass is 293 g/mol. The number of carboxylic acid groups (broad SMARTS) is 1. The van der Waals surface area contributed by atoms with Crippen LogP contribution in [-0.4, -0.2) is 38.3 Å². The van der Waals surface area contributed by atoms with Gasteiger partial charge in [0, 0.05) is 12.7 Å². The van der Waals surface area contributed by atoms with Gasteiger partial charge in [0.2, 0.25) is 0 Å². The first-order valence-electron chi connectivity index (χ1n) is 8.16. The van der Waals surface area contributed by atoms with Gasteiger partial charge in [-0.05, 0) is 38.3 Å². The molecule has 5 heteroatoms. The molecule has 1 aliphatic rings. The summed E-state index contributed by atoms with van der Waals surface area (Å²) >= 11 is 0. The van der Waals surface area contributed by atoms with Crippen LogP contribution in [0.2, 0.25) is 0 Å². The van der Waals surface area contributed by atoms with Gasteiger partial charge >= 0.3 is 5.97 Å². The summed E-state index contributed by atoms with van der Waals surface area (Å²) in [5.41, 5.74) is 0.982. The molecule has 2 rings (SSSR count). The molecule has 0 amide bonds. The molecule has 0 spiro atoms. The smallest absolute Gasteiger partial charge is 0.320 e. The number of hydrogen-bond acceptors (Lipinski definition) is 3. The Balaban J connectivity index is 2.06. The van der Waals surface area contributed by atoms with Gasteiger partial charge in [0.1, 0.15) is 6.04 Å². The number of hydrogen-bond donors (Lipinski definition) is 1. The van der Waals surface area contributed by atoms with E-state index in [1.165, 1.54) is 0 Å². The van der Waals surface area contributed by atoms with Crippen LogP contribution in [0.3, 0.4) is 0 Å². The highest BCUT2D eigenvalue weighted by atomic mass is 16.4. The summed E-state index contributed by atoms with van der Waals surface area (Å²) < 4.78 is 2.03. The molecule has 21 heavy (non-hydrogen) atoms. The summed E-state index contributed by atoms with van der Waals surface area (Å²) in [6.45, 7) is 5.84. The molecule has 0 bridgehead atoms. The van der Waals surface area contributed by atoms with Crippen molar-refractivity contribution in [2.24, 2.45) is 0 Å². The van der Waals surface area contributed by atoms with Crippen LogP contribution in [-0.2, 0) is 11.3 Å². The summed E-state index contributed by atoms with van der Waals surface area (Å²) in [6.07, 6.45) is 8.14. The Morgan fingerprint density at radius 3 is 2.81 bits per heavy atom. The van der Waals surface area contributed by atoms with Crippen molar-refractivity contribution < 1.29 is 9.90 Å². The van der Waals surface area contributed by atoms with E-state index in [4.69, 9.17) is 0 Å². The van der Waals surface area contributed by atoms with Gasteiger partial charge in [-0.3, -0.25) is 14.4 Å². The zero-order chi connectivity index (χ0) is 15.2. The molecule has 1 N–H and O–H groups in total. The maximum atomic E-state index is 11.4. The van der Waals surface area contributed by atoms with E-state index < -0.39 is 5.97 Å². The lowest BCUT2D eigenvalue weighted by Crippen LogP contribution is -2.40. The zero-order valence-electron chi connectivity index (χ0n) is 13.2. The van der Waals surface area contributed by atoms with Crippen LogP contribution in [0.1, 0.15) is 64.1 Å². The number of carbonyl (C=O) groups is 1. The number of carboxylic acids is 1. The average molecular weight is 293 g/mol. The first-order chi connectivity index (χ1) is 10.2. The minimum atomic E-state index is -0.698. The third-order valence-corrected chi connectivity index (χ3v) is 4.49. The Bertz CT molecular complexity index is 454. The summed E-state index contributed by atoms with van der Waals surface area (Å²) in [7, 11) is 0. The summed E-state index contributed by atoms with van der Waals surface area (Å²) in [5, 5.41) is 14.1. The molecule has 1 aromatic rings. The number of aromatic nitrogens is 2. The van der Waals surface area contributed by atoms with E-state index in [-0.39, 0.29) is 6.04 Å². The maximum Gasteiger partial charge on any atom is 0.320 e. The molecule has 0 saturated carbocycles. The van der Waals surface area contributed by atoms with Crippen molar-refractivity contribution in [2.45, 2.75) is 71.0 Å². The van der Waals surface area contributed by atoms with Gasteiger partial charge in [-0.1, -0.05) is 26.7 Å². The molecule has 0 aliphatic carbocycles. The van der Waals surface area contributed by atoms with Crippen LogP contribution >= 0.6 is 0 Å². The normalized spacial score (nSPS) is 20.6. The van der Waals surface area contributed by atoms with Gasteiger partial charge < -0.3 is 5.11 Å². The standard InChI is InChI=1S/C16H27N3O2/c1-3-14(4-2)19-11-9-13(17-19)12-18-10-7-5-6-8-15(18)16(20)21/h9,11,14-15H,3-8,10,12H2,1-2H3,(H,20,21). The van der Waals surface area contributed by atoms with Gasteiger partial charge in [-0.15, -0.1) is 0 Å². The second kappa shape index (κ2) is 7.59. The minimum Gasteiger partial charge on any atom is -0.480 e. The second-order valence-corrected chi connectivity index (χ2v) is 5.93. The largest absolute Gasteiger partial charge is 0.480 e. The topological polar surface area (TPSA) is 58.4 Å². The minimum absolute atomic E-state index is 0.356. The number of likely N-dealkylation sites (tertiary alicyclic amines) is 1. The molecule has 0 aromatic carbocycles. The lowest BCUT2D eigenvalue weighted by atomic mass is 10.1. The SMILES string of the molecule is CCC(CC)n1ccc(CN2CCCCCC2C(=O)O)n1. The maximum absolute atomic E-state index is 11.4. The number of nitrogens with zero attached hydrogens (tertiary/aromatic N) is 3. The number of rotatable bonds is 6. The van der Waals surface area contributed by atoms with Crippen LogP contribution in [0, 0.1) is 0 Å². The quantitative estimate of drug-likeness (QED) is 0.875. The molecule has 5 nitrogen and oxygen atoms in total. The van der Waals surface area contributed by atoms with Crippen molar-refractivity contribution in [3.63, 3.8) is 0 Å². The first-order valence-corrected chi connectivity index (χ1v) is 8.16. The van der Waals surface area contributed by atoms with E-state index in [1.54, 1.807) is 0 Å². The van der Waals surface area contributed by atoms with Gasteiger partial charge in [0.05, 0.1) is 11.7 Å². The Morgan fingerprint density at radius 1 is 1.38 bits per heavy atom. The van der Waals surface area contributed by atoms with E-state index in [2.05, 4.69) is 23.8 Å². The Hall–Kier alpha value is -1.36. The van der Waals surface area contributed by atoms with E-state index >= 15 is 0 Å². The van der Waals surface area contributed by atoms with Crippen molar-refractivity contribution in [2.75, 3.05) is 6.54 Å². The average Bonchev–Trinajstić information content (AvgIpc) is 2.78. The molecule has 1 saturated heterocycles. The van der Waals surface area contributed by atoms with E-state index in [0.717, 1.165) is 50.8 Å². The van der Waals surface area contributed by atoms with Gasteiger partial charge in [-0.25, -0.2) is 0 Å². The molecular weight excluding hydrogens is 266 g/mol.